The Labute approximate surface area is 95.2 Å². The highest BCUT2D eigenvalue weighted by Crippen LogP contribution is 2.28. The van der Waals surface area contributed by atoms with E-state index in [1.807, 2.05) is 6.92 Å². The molecular weight excluding hydrogens is 210 g/mol. The zero-order valence-electron chi connectivity index (χ0n) is 10.00. The second-order valence-corrected chi connectivity index (χ2v) is 4.76. The molecule has 1 heterocycles. The monoisotopic (exact) mass is 229 g/mol. The molecule has 0 aromatic carbocycles. The summed E-state index contributed by atoms with van der Waals surface area (Å²) >= 11 is 1.38. The maximum Gasteiger partial charge on any atom is 0.202 e. The van der Waals surface area contributed by atoms with Crippen LogP contribution in [0.5, 0.6) is 0 Å². The fourth-order valence-electron chi connectivity index (χ4n) is 1.14. The number of aromatic nitrogens is 2. The fourth-order valence-corrected chi connectivity index (χ4v) is 1.96. The van der Waals surface area contributed by atoms with Crippen LogP contribution in [0.25, 0.3) is 0 Å². The quantitative estimate of drug-likeness (QED) is 0.843. The number of rotatable bonds is 5. The Bertz CT molecular complexity index is 307. The highest BCUT2D eigenvalue weighted by atomic mass is 32.1. The third-order valence-electron chi connectivity index (χ3n) is 2.44. The van der Waals surface area contributed by atoms with Crippen LogP contribution >= 0.6 is 11.5 Å². The van der Waals surface area contributed by atoms with E-state index in [2.05, 4.69) is 35.4 Å². The zero-order valence-corrected chi connectivity index (χ0v) is 10.8. The fraction of sp³-hybridized carbons (Fsp3) is 0.800. The Balaban J connectivity index is 2.83. The van der Waals surface area contributed by atoms with Crippen LogP contribution in [0.1, 0.15) is 39.9 Å². The van der Waals surface area contributed by atoms with Crippen molar-refractivity contribution in [1.82, 2.24) is 9.36 Å². The van der Waals surface area contributed by atoms with Crippen molar-refractivity contribution in [1.29, 1.82) is 0 Å². The number of anilines is 1. The van der Waals surface area contributed by atoms with Crippen molar-refractivity contribution in [3.8, 4) is 0 Å². The molecule has 1 aromatic heterocycles. The van der Waals surface area contributed by atoms with Gasteiger partial charge in [-0.25, -0.2) is 4.98 Å². The van der Waals surface area contributed by atoms with E-state index in [1.165, 1.54) is 11.5 Å². The molecule has 0 saturated heterocycles. The first-order chi connectivity index (χ1) is 7.01. The number of hydrogen-bond acceptors (Lipinski definition) is 5. The second kappa shape index (κ2) is 4.90. The van der Waals surface area contributed by atoms with Crippen LogP contribution in [0.4, 0.5) is 5.13 Å². The average Bonchev–Trinajstić information content (AvgIpc) is 2.64. The number of ether oxygens (including phenoxy) is 1. The number of hydrogen-bond donors (Lipinski definition) is 1. The van der Waals surface area contributed by atoms with Crippen molar-refractivity contribution >= 4 is 16.7 Å². The molecule has 5 heteroatoms. The molecule has 0 aliphatic heterocycles. The molecule has 0 fully saturated rings. The first-order valence-corrected chi connectivity index (χ1v) is 5.95. The normalized spacial score (nSPS) is 15.3. The van der Waals surface area contributed by atoms with Gasteiger partial charge in [0.05, 0.1) is 0 Å². The minimum absolute atomic E-state index is 0.368. The minimum Gasteiger partial charge on any atom is -0.370 e. The van der Waals surface area contributed by atoms with Gasteiger partial charge in [0.15, 0.2) is 5.82 Å². The Kier molecular flexibility index (Phi) is 4.04. The van der Waals surface area contributed by atoms with Gasteiger partial charge in [-0.05, 0) is 27.2 Å². The molecule has 0 radical (unpaired) electrons. The van der Waals surface area contributed by atoms with E-state index >= 15 is 0 Å². The maximum atomic E-state index is 5.45. The standard InChI is InChI=1S/C10H19N3OS/c1-6-10(4,14-5)8-12-9(15-13-8)11-7(2)3/h7H,6H2,1-5H3,(H,11,12,13). The summed E-state index contributed by atoms with van der Waals surface area (Å²) in [5.41, 5.74) is -0.368. The molecule has 0 amide bonds. The van der Waals surface area contributed by atoms with E-state index < -0.39 is 0 Å². The van der Waals surface area contributed by atoms with Gasteiger partial charge < -0.3 is 10.1 Å². The van der Waals surface area contributed by atoms with Crippen molar-refractivity contribution < 1.29 is 4.74 Å². The van der Waals surface area contributed by atoms with E-state index in [4.69, 9.17) is 4.74 Å². The number of nitrogens with zero attached hydrogens (tertiary/aromatic N) is 2. The average molecular weight is 229 g/mol. The Morgan fingerprint density at radius 2 is 2.20 bits per heavy atom. The van der Waals surface area contributed by atoms with E-state index in [1.54, 1.807) is 7.11 Å². The van der Waals surface area contributed by atoms with Gasteiger partial charge in [-0.1, -0.05) is 6.92 Å². The smallest absolute Gasteiger partial charge is 0.202 e. The number of nitrogens with one attached hydrogen (secondary N) is 1. The zero-order chi connectivity index (χ0) is 11.5. The Morgan fingerprint density at radius 3 is 2.67 bits per heavy atom. The third-order valence-corrected chi connectivity index (χ3v) is 3.08. The molecular formula is C10H19N3OS. The summed E-state index contributed by atoms with van der Waals surface area (Å²) in [5, 5.41) is 4.09. The summed E-state index contributed by atoms with van der Waals surface area (Å²) in [6.07, 6.45) is 0.862. The molecule has 0 aliphatic carbocycles. The SMILES string of the molecule is CCC(C)(OC)c1nsc(NC(C)C)n1. The van der Waals surface area contributed by atoms with Gasteiger partial charge in [-0.15, -0.1) is 0 Å². The summed E-state index contributed by atoms with van der Waals surface area (Å²) in [6, 6.07) is 0.376. The summed E-state index contributed by atoms with van der Waals surface area (Å²) in [7, 11) is 1.69. The van der Waals surface area contributed by atoms with E-state index in [0.717, 1.165) is 17.4 Å². The highest BCUT2D eigenvalue weighted by molar-refractivity contribution is 7.09. The lowest BCUT2D eigenvalue weighted by Gasteiger charge is -2.22. The van der Waals surface area contributed by atoms with E-state index in [-0.39, 0.29) is 5.60 Å². The predicted octanol–water partition coefficient (Wildman–Crippen LogP) is 2.63. The van der Waals surface area contributed by atoms with Gasteiger partial charge in [0.25, 0.3) is 0 Å². The largest absolute Gasteiger partial charge is 0.370 e. The number of methoxy groups -OCH3 is 1. The third kappa shape index (κ3) is 2.89. The van der Waals surface area contributed by atoms with Crippen molar-refractivity contribution in [2.24, 2.45) is 0 Å². The Morgan fingerprint density at radius 1 is 1.53 bits per heavy atom. The first-order valence-electron chi connectivity index (χ1n) is 5.17. The molecule has 15 heavy (non-hydrogen) atoms. The highest BCUT2D eigenvalue weighted by Gasteiger charge is 2.28. The molecule has 86 valence electrons. The van der Waals surface area contributed by atoms with Crippen LogP contribution in [-0.2, 0) is 10.3 Å². The van der Waals surface area contributed by atoms with Gasteiger partial charge in [0.2, 0.25) is 5.13 Å². The molecule has 1 rings (SSSR count). The lowest BCUT2D eigenvalue weighted by Crippen LogP contribution is -2.24. The molecule has 1 aromatic rings. The summed E-state index contributed by atoms with van der Waals surface area (Å²) in [6.45, 7) is 8.24. The molecule has 0 spiro atoms. The van der Waals surface area contributed by atoms with Gasteiger partial charge in [0, 0.05) is 24.7 Å². The molecule has 1 N–H and O–H groups in total. The molecule has 4 nitrogen and oxygen atoms in total. The predicted molar refractivity (Wildman–Crippen MR) is 63.3 cm³/mol. The van der Waals surface area contributed by atoms with Crippen LogP contribution in [0.2, 0.25) is 0 Å². The van der Waals surface area contributed by atoms with E-state index in [0.29, 0.717) is 6.04 Å². The minimum atomic E-state index is -0.368. The Hall–Kier alpha value is -0.680. The van der Waals surface area contributed by atoms with Gasteiger partial charge in [0.1, 0.15) is 5.60 Å². The molecule has 0 saturated carbocycles. The van der Waals surface area contributed by atoms with Crippen LogP contribution in [0, 0.1) is 0 Å². The molecule has 1 atom stereocenters. The second-order valence-electron chi connectivity index (χ2n) is 4.01. The van der Waals surface area contributed by atoms with E-state index in [9.17, 15) is 0 Å². The van der Waals surface area contributed by atoms with Crippen molar-refractivity contribution in [2.45, 2.75) is 45.8 Å². The summed E-state index contributed by atoms with van der Waals surface area (Å²) < 4.78 is 9.77. The topological polar surface area (TPSA) is 47.0 Å². The lowest BCUT2D eigenvalue weighted by atomic mass is 10.0. The molecule has 1 unspecified atom stereocenters. The first kappa shape index (κ1) is 12.4. The lowest BCUT2D eigenvalue weighted by molar-refractivity contribution is -0.00791. The van der Waals surface area contributed by atoms with Crippen LogP contribution < -0.4 is 5.32 Å². The van der Waals surface area contributed by atoms with Gasteiger partial charge in [-0.2, -0.15) is 4.37 Å². The van der Waals surface area contributed by atoms with Crippen molar-refractivity contribution in [3.05, 3.63) is 5.82 Å². The van der Waals surface area contributed by atoms with Gasteiger partial charge in [-0.3, -0.25) is 0 Å². The maximum absolute atomic E-state index is 5.45. The van der Waals surface area contributed by atoms with Crippen LogP contribution in [0.3, 0.4) is 0 Å². The van der Waals surface area contributed by atoms with Crippen molar-refractivity contribution in [3.63, 3.8) is 0 Å². The molecule has 0 bridgehead atoms. The summed E-state index contributed by atoms with van der Waals surface area (Å²) in [4.78, 5) is 4.44. The van der Waals surface area contributed by atoms with Crippen LogP contribution in [-0.4, -0.2) is 22.5 Å². The van der Waals surface area contributed by atoms with Crippen molar-refractivity contribution in [2.75, 3.05) is 12.4 Å². The van der Waals surface area contributed by atoms with Crippen LogP contribution in [0.15, 0.2) is 0 Å². The summed E-state index contributed by atoms with van der Waals surface area (Å²) in [5.74, 6) is 0.764. The molecule has 0 aliphatic rings. The van der Waals surface area contributed by atoms with Gasteiger partial charge >= 0.3 is 0 Å².